The third-order valence-corrected chi connectivity index (χ3v) is 3.93. The van der Waals surface area contributed by atoms with Crippen LogP contribution in [0.15, 0.2) is 30.3 Å². The van der Waals surface area contributed by atoms with Crippen molar-refractivity contribution in [2.45, 2.75) is 39.0 Å². The van der Waals surface area contributed by atoms with Crippen molar-refractivity contribution in [2.75, 3.05) is 19.7 Å². The van der Waals surface area contributed by atoms with E-state index in [1.54, 1.807) is 0 Å². The summed E-state index contributed by atoms with van der Waals surface area (Å²) < 4.78 is 5.64. The van der Waals surface area contributed by atoms with Gasteiger partial charge in [0.1, 0.15) is 0 Å². The van der Waals surface area contributed by atoms with Crippen LogP contribution in [0, 0.1) is 5.92 Å². The monoisotopic (exact) mass is 262 g/mol. The third-order valence-electron chi connectivity index (χ3n) is 3.93. The van der Waals surface area contributed by atoms with E-state index in [-0.39, 0.29) is 6.04 Å². The largest absolute Gasteiger partial charge is 0.376 e. The first kappa shape index (κ1) is 14.5. The summed E-state index contributed by atoms with van der Waals surface area (Å²) in [6, 6.07) is 10.9. The lowest BCUT2D eigenvalue weighted by atomic mass is 9.90. The smallest absolute Gasteiger partial charge is 0.0674 e. The molecule has 0 radical (unpaired) electrons. The van der Waals surface area contributed by atoms with E-state index < -0.39 is 0 Å². The van der Waals surface area contributed by atoms with Crippen LogP contribution in [0.4, 0.5) is 0 Å². The summed E-state index contributed by atoms with van der Waals surface area (Å²) in [5.74, 6) is 0.528. The summed E-state index contributed by atoms with van der Waals surface area (Å²) >= 11 is 0. The lowest BCUT2D eigenvalue weighted by Gasteiger charge is -2.42. The van der Waals surface area contributed by atoms with Crippen molar-refractivity contribution in [3.63, 3.8) is 0 Å². The maximum atomic E-state index is 6.53. The molecule has 1 heterocycles. The zero-order chi connectivity index (χ0) is 13.8. The summed E-state index contributed by atoms with van der Waals surface area (Å²) in [6.07, 6.45) is 0.304. The van der Waals surface area contributed by atoms with Crippen LogP contribution in [0.2, 0.25) is 0 Å². The molecule has 1 saturated heterocycles. The van der Waals surface area contributed by atoms with Crippen molar-refractivity contribution in [1.82, 2.24) is 4.90 Å². The predicted molar refractivity (Wildman–Crippen MR) is 79.0 cm³/mol. The summed E-state index contributed by atoms with van der Waals surface area (Å²) in [5, 5.41) is 0. The molecule has 1 aromatic carbocycles. The highest BCUT2D eigenvalue weighted by atomic mass is 16.5. The first-order valence-electron chi connectivity index (χ1n) is 7.25. The lowest BCUT2D eigenvalue weighted by Crippen LogP contribution is -2.52. The van der Waals surface area contributed by atoms with E-state index in [2.05, 4.69) is 49.9 Å². The summed E-state index contributed by atoms with van der Waals surface area (Å²) in [5.41, 5.74) is 7.76. The van der Waals surface area contributed by atoms with Gasteiger partial charge in [-0.2, -0.15) is 0 Å². The number of benzene rings is 1. The topological polar surface area (TPSA) is 38.5 Å². The maximum absolute atomic E-state index is 6.53. The van der Waals surface area contributed by atoms with Crippen LogP contribution in [0.5, 0.6) is 0 Å². The highest BCUT2D eigenvalue weighted by Gasteiger charge is 2.31. The summed E-state index contributed by atoms with van der Waals surface area (Å²) in [4.78, 5) is 2.50. The van der Waals surface area contributed by atoms with Gasteiger partial charge < -0.3 is 10.5 Å². The van der Waals surface area contributed by atoms with E-state index in [1.165, 1.54) is 5.56 Å². The molecule has 106 valence electrons. The molecule has 1 aromatic rings. The van der Waals surface area contributed by atoms with Crippen LogP contribution in [-0.4, -0.2) is 36.7 Å². The molecule has 2 rings (SSSR count). The van der Waals surface area contributed by atoms with Crippen LogP contribution in [0.3, 0.4) is 0 Å². The fraction of sp³-hybridized carbons (Fsp3) is 0.625. The normalized spacial score (nSPS) is 24.4. The van der Waals surface area contributed by atoms with E-state index in [4.69, 9.17) is 10.5 Å². The standard InChI is InChI=1S/C16H26N2O/c1-12(2)16(18-9-10-19-13(3)11-18)15(17)14-7-5-4-6-8-14/h4-8,12-13,15-16H,9-11,17H2,1-3H3. The number of rotatable bonds is 4. The number of nitrogens with zero attached hydrogens (tertiary/aromatic N) is 1. The van der Waals surface area contributed by atoms with Crippen LogP contribution >= 0.6 is 0 Å². The molecule has 2 N–H and O–H groups in total. The van der Waals surface area contributed by atoms with Gasteiger partial charge in [0.05, 0.1) is 12.7 Å². The first-order chi connectivity index (χ1) is 9.09. The van der Waals surface area contributed by atoms with Gasteiger partial charge in [-0.3, -0.25) is 4.90 Å². The second-order valence-electron chi connectivity index (χ2n) is 5.85. The van der Waals surface area contributed by atoms with Crippen LogP contribution < -0.4 is 5.73 Å². The van der Waals surface area contributed by atoms with Gasteiger partial charge in [0, 0.05) is 25.2 Å². The number of nitrogens with two attached hydrogens (primary N) is 1. The molecule has 19 heavy (non-hydrogen) atoms. The molecule has 0 saturated carbocycles. The average molecular weight is 262 g/mol. The second kappa shape index (κ2) is 6.51. The highest BCUT2D eigenvalue weighted by Crippen LogP contribution is 2.26. The van der Waals surface area contributed by atoms with Gasteiger partial charge >= 0.3 is 0 Å². The second-order valence-corrected chi connectivity index (χ2v) is 5.85. The van der Waals surface area contributed by atoms with E-state index in [0.717, 1.165) is 19.7 Å². The predicted octanol–water partition coefficient (Wildman–Crippen LogP) is 2.43. The first-order valence-corrected chi connectivity index (χ1v) is 7.25. The Bertz CT molecular complexity index is 380. The van der Waals surface area contributed by atoms with Gasteiger partial charge in [0.25, 0.3) is 0 Å². The van der Waals surface area contributed by atoms with Crippen LogP contribution in [-0.2, 0) is 4.74 Å². The minimum absolute atomic E-state index is 0.0616. The molecule has 0 spiro atoms. The van der Waals surface area contributed by atoms with Crippen LogP contribution in [0.25, 0.3) is 0 Å². The quantitative estimate of drug-likeness (QED) is 0.905. The Balaban J connectivity index is 2.15. The minimum atomic E-state index is 0.0616. The summed E-state index contributed by atoms with van der Waals surface area (Å²) in [6.45, 7) is 9.42. The zero-order valence-electron chi connectivity index (χ0n) is 12.3. The number of ether oxygens (including phenoxy) is 1. The van der Waals surface area contributed by atoms with Gasteiger partial charge in [-0.1, -0.05) is 44.2 Å². The van der Waals surface area contributed by atoms with Crippen molar-refractivity contribution < 1.29 is 4.74 Å². The van der Waals surface area contributed by atoms with Gasteiger partial charge in [0.15, 0.2) is 0 Å². The zero-order valence-corrected chi connectivity index (χ0v) is 12.3. The van der Waals surface area contributed by atoms with Crippen LogP contribution in [0.1, 0.15) is 32.4 Å². The van der Waals surface area contributed by atoms with Crippen molar-refractivity contribution in [2.24, 2.45) is 11.7 Å². The lowest BCUT2D eigenvalue weighted by molar-refractivity contribution is -0.0457. The molecule has 0 bridgehead atoms. The van der Waals surface area contributed by atoms with Gasteiger partial charge in [-0.05, 0) is 18.4 Å². The van der Waals surface area contributed by atoms with E-state index in [1.807, 2.05) is 6.07 Å². The van der Waals surface area contributed by atoms with E-state index in [0.29, 0.717) is 18.1 Å². The average Bonchev–Trinajstić information content (AvgIpc) is 2.39. The molecule has 3 atom stereocenters. The Labute approximate surface area is 116 Å². The van der Waals surface area contributed by atoms with Gasteiger partial charge in [-0.25, -0.2) is 0 Å². The van der Waals surface area contributed by atoms with Crippen molar-refractivity contribution in [3.8, 4) is 0 Å². The van der Waals surface area contributed by atoms with Crippen molar-refractivity contribution in [3.05, 3.63) is 35.9 Å². The molecule has 3 heteroatoms. The van der Waals surface area contributed by atoms with Crippen molar-refractivity contribution >= 4 is 0 Å². The molecule has 3 unspecified atom stereocenters. The number of hydrogen-bond donors (Lipinski definition) is 1. The number of hydrogen-bond acceptors (Lipinski definition) is 3. The molecule has 1 aliphatic rings. The molecule has 0 amide bonds. The highest BCUT2D eigenvalue weighted by molar-refractivity contribution is 5.20. The van der Waals surface area contributed by atoms with Gasteiger partial charge in [-0.15, -0.1) is 0 Å². The Kier molecular flexibility index (Phi) is 4.97. The van der Waals surface area contributed by atoms with Gasteiger partial charge in [0.2, 0.25) is 0 Å². The molecule has 0 aliphatic carbocycles. The van der Waals surface area contributed by atoms with Crippen molar-refractivity contribution in [1.29, 1.82) is 0 Å². The molecule has 1 aliphatic heterocycles. The molecular formula is C16H26N2O. The number of morpholine rings is 1. The Morgan fingerprint density at radius 2 is 1.95 bits per heavy atom. The minimum Gasteiger partial charge on any atom is -0.376 e. The Hall–Kier alpha value is -0.900. The fourth-order valence-corrected chi connectivity index (χ4v) is 3.05. The molecular weight excluding hydrogens is 236 g/mol. The SMILES string of the molecule is CC1CN(C(C(C)C)C(N)c2ccccc2)CCO1. The molecule has 0 aromatic heterocycles. The van der Waals surface area contributed by atoms with E-state index in [9.17, 15) is 0 Å². The fourth-order valence-electron chi connectivity index (χ4n) is 3.05. The Morgan fingerprint density at radius 3 is 2.53 bits per heavy atom. The molecule has 1 fully saturated rings. The van der Waals surface area contributed by atoms with E-state index >= 15 is 0 Å². The maximum Gasteiger partial charge on any atom is 0.0674 e. The summed E-state index contributed by atoms with van der Waals surface area (Å²) in [7, 11) is 0. The third kappa shape index (κ3) is 3.56. The molecule has 3 nitrogen and oxygen atoms in total. The Morgan fingerprint density at radius 1 is 1.26 bits per heavy atom.